The summed E-state index contributed by atoms with van der Waals surface area (Å²) >= 11 is 0. The maximum Gasteiger partial charge on any atom is 0.147 e. The number of aliphatic hydroxyl groups is 1. The van der Waals surface area contributed by atoms with Crippen LogP contribution in [-0.4, -0.2) is 32.6 Å². The van der Waals surface area contributed by atoms with Gasteiger partial charge in [0.05, 0.1) is 12.1 Å². The van der Waals surface area contributed by atoms with Crippen molar-refractivity contribution in [3.63, 3.8) is 0 Å². The second-order valence-corrected chi connectivity index (χ2v) is 8.55. The van der Waals surface area contributed by atoms with Crippen LogP contribution in [0.5, 0.6) is 0 Å². The van der Waals surface area contributed by atoms with Gasteiger partial charge in [-0.25, -0.2) is 4.39 Å². The Bertz CT molecular complexity index is 1040. The molecule has 2 aromatic heterocycles. The SMILES string of the molecule is Cc1cc(F)c2c(c1)c1c(n2C[C@@](C)(O)c2cccnc2)CCN2CCC[C@H]12. The molecule has 5 rings (SSSR count). The van der Waals surface area contributed by atoms with Gasteiger partial charge in [-0.15, -0.1) is 0 Å². The van der Waals surface area contributed by atoms with E-state index in [4.69, 9.17) is 0 Å². The van der Waals surface area contributed by atoms with Gasteiger partial charge in [-0.05, 0) is 62.6 Å². The molecule has 28 heavy (non-hydrogen) atoms. The Morgan fingerprint density at radius 2 is 2.18 bits per heavy atom. The fourth-order valence-electron chi connectivity index (χ4n) is 5.22. The predicted octanol–water partition coefficient (Wildman–Crippen LogP) is 4.08. The fraction of sp³-hybridized carbons (Fsp3) is 0.435. The molecule has 0 unspecified atom stereocenters. The molecule has 0 amide bonds. The van der Waals surface area contributed by atoms with Gasteiger partial charge < -0.3 is 9.67 Å². The monoisotopic (exact) mass is 379 g/mol. The molecule has 1 aromatic carbocycles. The number of rotatable bonds is 3. The molecule has 3 aromatic rings. The van der Waals surface area contributed by atoms with E-state index in [0.717, 1.165) is 42.4 Å². The van der Waals surface area contributed by atoms with Gasteiger partial charge in [0.1, 0.15) is 11.4 Å². The number of aromatic nitrogens is 2. The van der Waals surface area contributed by atoms with Crippen LogP contribution >= 0.6 is 0 Å². The van der Waals surface area contributed by atoms with Gasteiger partial charge >= 0.3 is 0 Å². The smallest absolute Gasteiger partial charge is 0.147 e. The Balaban J connectivity index is 1.71. The van der Waals surface area contributed by atoms with Crippen LogP contribution in [0.25, 0.3) is 10.9 Å². The minimum atomic E-state index is -1.13. The summed E-state index contributed by atoms with van der Waals surface area (Å²) < 4.78 is 17.2. The van der Waals surface area contributed by atoms with Crippen molar-refractivity contribution in [1.29, 1.82) is 0 Å². The number of hydrogen-bond donors (Lipinski definition) is 1. The van der Waals surface area contributed by atoms with Crippen LogP contribution in [0.2, 0.25) is 0 Å². The molecule has 0 spiro atoms. The average molecular weight is 379 g/mol. The summed E-state index contributed by atoms with van der Waals surface area (Å²) in [6.07, 6.45) is 6.60. The van der Waals surface area contributed by atoms with Gasteiger partial charge in [-0.2, -0.15) is 0 Å². The number of aryl methyl sites for hydroxylation is 1. The molecule has 1 N–H and O–H groups in total. The summed E-state index contributed by atoms with van der Waals surface area (Å²) in [5, 5.41) is 12.3. The van der Waals surface area contributed by atoms with Crippen LogP contribution in [-0.2, 0) is 18.6 Å². The molecule has 5 heteroatoms. The third-order valence-electron chi connectivity index (χ3n) is 6.49. The Hall–Kier alpha value is -2.24. The first kappa shape index (κ1) is 17.8. The molecule has 4 heterocycles. The highest BCUT2D eigenvalue weighted by molar-refractivity contribution is 5.87. The van der Waals surface area contributed by atoms with E-state index in [1.165, 1.54) is 17.7 Å². The van der Waals surface area contributed by atoms with Gasteiger partial charge in [0.2, 0.25) is 0 Å². The zero-order chi connectivity index (χ0) is 19.5. The molecule has 0 radical (unpaired) electrons. The van der Waals surface area contributed by atoms with Crippen molar-refractivity contribution in [2.45, 2.75) is 51.3 Å². The normalized spacial score (nSPS) is 21.5. The summed E-state index contributed by atoms with van der Waals surface area (Å²) in [5.74, 6) is -0.198. The number of benzene rings is 1. The molecule has 0 aliphatic carbocycles. The second kappa shape index (κ2) is 6.39. The van der Waals surface area contributed by atoms with Crippen molar-refractivity contribution in [3.05, 3.63) is 64.9 Å². The molecule has 2 aliphatic rings. The van der Waals surface area contributed by atoms with Crippen LogP contribution in [0.4, 0.5) is 4.39 Å². The van der Waals surface area contributed by atoms with Crippen molar-refractivity contribution in [2.24, 2.45) is 0 Å². The molecule has 0 bridgehead atoms. The lowest BCUT2D eigenvalue weighted by atomic mass is 9.95. The van der Waals surface area contributed by atoms with Gasteiger partial charge in [-0.1, -0.05) is 6.07 Å². The minimum absolute atomic E-state index is 0.198. The maximum absolute atomic E-state index is 15.2. The zero-order valence-electron chi connectivity index (χ0n) is 16.5. The average Bonchev–Trinajstić information content (AvgIpc) is 3.25. The first-order valence-corrected chi connectivity index (χ1v) is 10.1. The van der Waals surface area contributed by atoms with E-state index in [1.54, 1.807) is 25.4 Å². The topological polar surface area (TPSA) is 41.3 Å². The molecule has 146 valence electrons. The van der Waals surface area contributed by atoms with Crippen LogP contribution < -0.4 is 0 Å². The van der Waals surface area contributed by atoms with Crippen molar-refractivity contribution >= 4 is 10.9 Å². The van der Waals surface area contributed by atoms with Crippen LogP contribution in [0.15, 0.2) is 36.7 Å². The summed E-state index contributed by atoms with van der Waals surface area (Å²) in [7, 11) is 0. The number of nitrogens with zero attached hydrogens (tertiary/aromatic N) is 3. The van der Waals surface area contributed by atoms with Crippen molar-refractivity contribution in [2.75, 3.05) is 13.1 Å². The van der Waals surface area contributed by atoms with Gasteiger partial charge in [-0.3, -0.25) is 9.88 Å². The lowest BCUT2D eigenvalue weighted by Crippen LogP contribution is -2.33. The lowest BCUT2D eigenvalue weighted by molar-refractivity contribution is 0.0379. The predicted molar refractivity (Wildman–Crippen MR) is 108 cm³/mol. The Morgan fingerprint density at radius 3 is 2.96 bits per heavy atom. The minimum Gasteiger partial charge on any atom is -0.384 e. The van der Waals surface area contributed by atoms with Crippen LogP contribution in [0, 0.1) is 12.7 Å². The number of pyridine rings is 1. The first-order chi connectivity index (χ1) is 13.5. The number of fused-ring (bicyclic) bond motifs is 5. The Morgan fingerprint density at radius 1 is 1.32 bits per heavy atom. The van der Waals surface area contributed by atoms with Gasteiger partial charge in [0, 0.05) is 48.0 Å². The van der Waals surface area contributed by atoms with E-state index < -0.39 is 5.60 Å². The quantitative estimate of drug-likeness (QED) is 0.745. The molecular formula is C23H26FN3O. The molecule has 0 saturated carbocycles. The molecule has 2 atom stereocenters. The largest absolute Gasteiger partial charge is 0.384 e. The van der Waals surface area contributed by atoms with Gasteiger partial charge in [0.15, 0.2) is 0 Å². The highest BCUT2D eigenvalue weighted by Gasteiger charge is 2.37. The molecule has 4 nitrogen and oxygen atoms in total. The van der Waals surface area contributed by atoms with E-state index in [1.807, 2.05) is 23.6 Å². The molecular weight excluding hydrogens is 353 g/mol. The lowest BCUT2D eigenvalue weighted by Gasteiger charge is -2.32. The standard InChI is InChI=1S/C23H26FN3O/c1-15-11-17-21-19-6-4-9-26(19)10-7-20(21)27(22(17)18(24)12-15)14-23(2,28)16-5-3-8-25-13-16/h3,5,8,11-13,19,28H,4,6-7,9-10,14H2,1-2H3/t19-,23-/m1/s1. The summed E-state index contributed by atoms with van der Waals surface area (Å²) in [6.45, 7) is 6.19. The third-order valence-corrected chi connectivity index (χ3v) is 6.49. The van der Waals surface area contributed by atoms with E-state index in [9.17, 15) is 5.11 Å². The second-order valence-electron chi connectivity index (χ2n) is 8.55. The number of halogens is 1. The van der Waals surface area contributed by atoms with Crippen molar-refractivity contribution in [1.82, 2.24) is 14.5 Å². The van der Waals surface area contributed by atoms with Crippen LogP contribution in [0.1, 0.15) is 48.2 Å². The van der Waals surface area contributed by atoms with E-state index in [-0.39, 0.29) is 5.82 Å². The summed E-state index contributed by atoms with van der Waals surface area (Å²) in [4.78, 5) is 6.69. The van der Waals surface area contributed by atoms with E-state index in [0.29, 0.717) is 18.1 Å². The Labute approximate surface area is 164 Å². The summed E-state index contributed by atoms with van der Waals surface area (Å²) in [6, 6.07) is 7.80. The van der Waals surface area contributed by atoms with Gasteiger partial charge in [0.25, 0.3) is 0 Å². The fourth-order valence-corrected chi connectivity index (χ4v) is 5.22. The Kier molecular flexibility index (Phi) is 4.07. The van der Waals surface area contributed by atoms with E-state index >= 15 is 4.39 Å². The van der Waals surface area contributed by atoms with Crippen molar-refractivity contribution in [3.8, 4) is 0 Å². The molecule has 2 aliphatic heterocycles. The van der Waals surface area contributed by atoms with Crippen LogP contribution in [0.3, 0.4) is 0 Å². The first-order valence-electron chi connectivity index (χ1n) is 10.1. The zero-order valence-corrected chi connectivity index (χ0v) is 16.5. The molecule has 1 saturated heterocycles. The highest BCUT2D eigenvalue weighted by Crippen LogP contribution is 2.44. The molecule has 1 fully saturated rings. The summed E-state index contributed by atoms with van der Waals surface area (Å²) in [5.41, 5.74) is 3.66. The maximum atomic E-state index is 15.2. The third kappa shape index (κ3) is 2.68. The highest BCUT2D eigenvalue weighted by atomic mass is 19.1. The number of hydrogen-bond acceptors (Lipinski definition) is 3. The van der Waals surface area contributed by atoms with E-state index in [2.05, 4.69) is 16.0 Å². The van der Waals surface area contributed by atoms with Crippen molar-refractivity contribution < 1.29 is 9.50 Å².